The molecule has 0 bridgehead atoms. The van der Waals surface area contributed by atoms with Crippen LogP contribution in [0, 0.1) is 11.8 Å². The van der Waals surface area contributed by atoms with Crippen LogP contribution in [0.1, 0.15) is 142 Å². The van der Waals surface area contributed by atoms with Crippen LogP contribution in [0.2, 0.25) is 0 Å². The molecule has 0 aliphatic rings. The Kier molecular flexibility index (Phi) is 24.6. The fraction of sp³-hybridized carbons (Fsp3) is 0.857. The molecule has 0 saturated carbocycles. The van der Waals surface area contributed by atoms with E-state index in [0.717, 1.165) is 38.5 Å². The summed E-state index contributed by atoms with van der Waals surface area (Å²) < 4.78 is 10.5. The predicted octanol–water partition coefficient (Wildman–Crippen LogP) is 7.92. The quantitative estimate of drug-likeness (QED) is 0.0955. The molecular weight excluding hydrogens is 400 g/mol. The topological polar surface area (TPSA) is 52.6 Å². The highest BCUT2D eigenvalue weighted by Gasteiger charge is 2.07. The van der Waals surface area contributed by atoms with E-state index in [2.05, 4.69) is 25.7 Å². The van der Waals surface area contributed by atoms with Gasteiger partial charge in [-0.2, -0.15) is 0 Å². The molecule has 4 heteroatoms. The highest BCUT2D eigenvalue weighted by atomic mass is 16.5. The molecule has 0 atom stereocenters. The van der Waals surface area contributed by atoms with Gasteiger partial charge in [0, 0.05) is 25.7 Å². The van der Waals surface area contributed by atoms with Gasteiger partial charge in [0.2, 0.25) is 0 Å². The van der Waals surface area contributed by atoms with E-state index in [-0.39, 0.29) is 11.9 Å². The van der Waals surface area contributed by atoms with Crippen LogP contribution in [0.3, 0.4) is 0 Å². The van der Waals surface area contributed by atoms with Crippen molar-refractivity contribution >= 4 is 11.9 Å². The maximum atomic E-state index is 11.7. The Balaban J connectivity index is 3.32. The van der Waals surface area contributed by atoms with Crippen molar-refractivity contribution in [1.29, 1.82) is 0 Å². The number of carbonyl (C=O) groups is 2. The van der Waals surface area contributed by atoms with Crippen molar-refractivity contribution in [2.45, 2.75) is 142 Å². The van der Waals surface area contributed by atoms with Crippen LogP contribution < -0.4 is 0 Å². The fourth-order valence-electron chi connectivity index (χ4n) is 3.54. The number of rotatable bonds is 22. The molecule has 0 saturated heterocycles. The molecule has 4 nitrogen and oxygen atoms in total. The molecule has 32 heavy (non-hydrogen) atoms. The molecule has 0 aromatic rings. The zero-order valence-corrected chi connectivity index (χ0v) is 21.2. The third kappa shape index (κ3) is 24.8. The maximum Gasteiger partial charge on any atom is 0.305 e. The minimum absolute atomic E-state index is 0.196. The lowest BCUT2D eigenvalue weighted by atomic mass is 10.1. The molecule has 186 valence electrons. The molecule has 0 unspecified atom stereocenters. The Morgan fingerprint density at radius 3 is 1.44 bits per heavy atom. The van der Waals surface area contributed by atoms with Gasteiger partial charge >= 0.3 is 11.9 Å². The van der Waals surface area contributed by atoms with Gasteiger partial charge in [-0.1, -0.05) is 90.9 Å². The molecule has 0 aromatic heterocycles. The first-order valence-electron chi connectivity index (χ1n) is 13.5. The van der Waals surface area contributed by atoms with Gasteiger partial charge in [0.25, 0.3) is 0 Å². The third-order valence-electron chi connectivity index (χ3n) is 5.53. The lowest BCUT2D eigenvalue weighted by Gasteiger charge is -2.06. The van der Waals surface area contributed by atoms with Gasteiger partial charge in [0.1, 0.15) is 0 Å². The predicted molar refractivity (Wildman–Crippen MR) is 133 cm³/mol. The highest BCUT2D eigenvalue weighted by Crippen LogP contribution is 2.10. The van der Waals surface area contributed by atoms with Gasteiger partial charge in [-0.25, -0.2) is 0 Å². The third-order valence-corrected chi connectivity index (χ3v) is 5.53. The van der Waals surface area contributed by atoms with Gasteiger partial charge in [-0.3, -0.25) is 9.59 Å². The zero-order chi connectivity index (χ0) is 23.5. The highest BCUT2D eigenvalue weighted by molar-refractivity contribution is 5.72. The van der Waals surface area contributed by atoms with E-state index in [1.165, 1.54) is 70.6 Å². The molecule has 0 spiro atoms. The average Bonchev–Trinajstić information content (AvgIpc) is 2.78. The van der Waals surface area contributed by atoms with E-state index in [1.807, 2.05) is 0 Å². The number of carbonyl (C=O) groups excluding carboxylic acids is 2. The van der Waals surface area contributed by atoms with E-state index in [1.54, 1.807) is 0 Å². The normalized spacial score (nSPS) is 10.4. The summed E-state index contributed by atoms with van der Waals surface area (Å²) in [6.07, 6.45) is 21.2. The Morgan fingerprint density at radius 2 is 0.969 bits per heavy atom. The monoisotopic (exact) mass is 450 g/mol. The van der Waals surface area contributed by atoms with Crippen molar-refractivity contribution in [3.63, 3.8) is 0 Å². The van der Waals surface area contributed by atoms with Gasteiger partial charge in [0.05, 0.1) is 13.2 Å². The number of unbranched alkanes of at least 4 members (excludes halogenated alkanes) is 14. The molecule has 0 heterocycles. The Morgan fingerprint density at radius 1 is 0.531 bits per heavy atom. The van der Waals surface area contributed by atoms with E-state index >= 15 is 0 Å². The van der Waals surface area contributed by atoms with Crippen LogP contribution in [0.15, 0.2) is 0 Å². The van der Waals surface area contributed by atoms with Crippen LogP contribution in [0.4, 0.5) is 0 Å². The second-order valence-electron chi connectivity index (χ2n) is 8.70. The first-order chi connectivity index (χ1) is 15.7. The lowest BCUT2D eigenvalue weighted by Crippen LogP contribution is -2.09. The molecule has 0 N–H and O–H groups in total. The summed E-state index contributed by atoms with van der Waals surface area (Å²) in [5.74, 6) is 5.87. The van der Waals surface area contributed by atoms with Crippen molar-refractivity contribution in [2.75, 3.05) is 13.2 Å². The van der Waals surface area contributed by atoms with Crippen molar-refractivity contribution in [3.8, 4) is 11.8 Å². The smallest absolute Gasteiger partial charge is 0.305 e. The minimum Gasteiger partial charge on any atom is -0.466 e. The van der Waals surface area contributed by atoms with Crippen molar-refractivity contribution in [2.24, 2.45) is 0 Å². The van der Waals surface area contributed by atoms with Gasteiger partial charge in [-0.15, -0.1) is 11.8 Å². The molecule has 0 aliphatic heterocycles. The number of esters is 2. The minimum atomic E-state index is -0.203. The molecule has 0 radical (unpaired) electrons. The fourth-order valence-corrected chi connectivity index (χ4v) is 3.54. The number of hydrogen-bond donors (Lipinski definition) is 0. The Bertz CT molecular complexity index is 489. The first-order valence-corrected chi connectivity index (χ1v) is 13.5. The van der Waals surface area contributed by atoms with Gasteiger partial charge < -0.3 is 9.47 Å². The van der Waals surface area contributed by atoms with Crippen molar-refractivity contribution in [1.82, 2.24) is 0 Å². The SMILES string of the molecule is CCC#CCCCCCCCCOC(=O)CCCC(=O)OCCCCCCCCCCC. The summed E-state index contributed by atoms with van der Waals surface area (Å²) in [5.41, 5.74) is 0. The number of hydrogen-bond acceptors (Lipinski definition) is 4. The number of ether oxygens (including phenoxy) is 2. The van der Waals surface area contributed by atoms with Crippen LogP contribution in [0.5, 0.6) is 0 Å². The summed E-state index contributed by atoms with van der Waals surface area (Å²) in [7, 11) is 0. The van der Waals surface area contributed by atoms with Crippen LogP contribution in [-0.2, 0) is 19.1 Å². The Hall–Kier alpha value is -1.50. The second kappa shape index (κ2) is 25.8. The molecule has 0 fully saturated rings. The van der Waals surface area contributed by atoms with Crippen LogP contribution in [-0.4, -0.2) is 25.2 Å². The molecule has 0 rings (SSSR count). The second-order valence-corrected chi connectivity index (χ2v) is 8.70. The van der Waals surface area contributed by atoms with E-state index in [9.17, 15) is 9.59 Å². The van der Waals surface area contributed by atoms with Crippen molar-refractivity contribution in [3.05, 3.63) is 0 Å². The maximum absolute atomic E-state index is 11.7. The standard InChI is InChI=1S/C28H50O4/c1-3-5-7-9-11-13-15-17-19-21-26-32-28(30)24-22-23-27(29)31-25-20-18-16-14-12-10-8-6-4-2/h3-4,6,8-26H2,1-2H3. The molecule has 0 aliphatic carbocycles. The average molecular weight is 451 g/mol. The summed E-state index contributed by atoms with van der Waals surface area (Å²) in [5, 5.41) is 0. The van der Waals surface area contributed by atoms with Crippen LogP contribution in [0.25, 0.3) is 0 Å². The summed E-state index contributed by atoms with van der Waals surface area (Å²) in [6, 6.07) is 0. The van der Waals surface area contributed by atoms with E-state index in [4.69, 9.17) is 9.47 Å². The van der Waals surface area contributed by atoms with Gasteiger partial charge in [0.15, 0.2) is 0 Å². The lowest BCUT2D eigenvalue weighted by molar-refractivity contribution is -0.145. The summed E-state index contributed by atoms with van der Waals surface area (Å²) in [6.45, 7) is 5.31. The van der Waals surface area contributed by atoms with Gasteiger partial charge in [-0.05, 0) is 25.7 Å². The molecular formula is C28H50O4. The first kappa shape index (κ1) is 30.5. The van der Waals surface area contributed by atoms with Crippen molar-refractivity contribution < 1.29 is 19.1 Å². The molecule has 0 amide bonds. The van der Waals surface area contributed by atoms with E-state index in [0.29, 0.717) is 32.5 Å². The van der Waals surface area contributed by atoms with Crippen LogP contribution >= 0.6 is 0 Å². The summed E-state index contributed by atoms with van der Waals surface area (Å²) in [4.78, 5) is 23.5. The van der Waals surface area contributed by atoms with E-state index < -0.39 is 0 Å². The largest absolute Gasteiger partial charge is 0.466 e. The molecule has 0 aromatic carbocycles. The zero-order valence-electron chi connectivity index (χ0n) is 21.2. The summed E-state index contributed by atoms with van der Waals surface area (Å²) >= 11 is 0. The Labute approximate surface area is 198 Å².